The van der Waals surface area contributed by atoms with Crippen LogP contribution in [-0.4, -0.2) is 30.5 Å². The summed E-state index contributed by atoms with van der Waals surface area (Å²) in [7, 11) is -1.23. The molecule has 0 radical (unpaired) electrons. The number of halogens is 4. The minimum atomic E-state index is -4.46. The van der Waals surface area contributed by atoms with Crippen LogP contribution in [0.5, 0.6) is 0 Å². The predicted octanol–water partition coefficient (Wildman–Crippen LogP) is 6.22. The van der Waals surface area contributed by atoms with Crippen LogP contribution in [0.4, 0.5) is 17.6 Å². The fourth-order valence-corrected chi connectivity index (χ4v) is 2.81. The van der Waals surface area contributed by atoms with E-state index in [0.717, 1.165) is 12.1 Å². The van der Waals surface area contributed by atoms with Gasteiger partial charge >= 0.3 is 13.3 Å². The molecule has 1 aromatic rings. The van der Waals surface area contributed by atoms with Crippen LogP contribution in [0.15, 0.2) is 30.0 Å². The van der Waals surface area contributed by atoms with Crippen LogP contribution in [0.3, 0.4) is 0 Å². The topological polar surface area (TPSA) is 27.7 Å². The molecule has 0 amide bonds. The SMILES string of the molecule is CC(C)(C)OCCC(=C(F)B1OC(C)(C)C(C)(C)O1)c1ccc(C(F)(F)F)cc1. The smallest absolute Gasteiger partial charge is 0.398 e. The quantitative estimate of drug-likeness (QED) is 0.421. The number of hydrogen-bond acceptors (Lipinski definition) is 3. The first kappa shape index (κ1) is 23.9. The Bertz CT molecular complexity index is 731. The van der Waals surface area contributed by atoms with Gasteiger partial charge in [-0.3, -0.25) is 0 Å². The van der Waals surface area contributed by atoms with E-state index in [2.05, 4.69) is 0 Å². The Morgan fingerprint density at radius 2 is 1.45 bits per heavy atom. The molecule has 0 aromatic heterocycles. The first-order chi connectivity index (χ1) is 13.0. The number of benzene rings is 1. The van der Waals surface area contributed by atoms with Gasteiger partial charge in [0.15, 0.2) is 0 Å². The minimum absolute atomic E-state index is 0.165. The largest absolute Gasteiger partial charge is 0.525 e. The standard InChI is InChI=1S/C21H29BF4O3/c1-18(2,3)27-13-12-16(14-8-10-15(11-9-14)21(24,25)26)17(23)22-28-19(4,5)20(6,7)29-22/h8-11H,12-13H2,1-7H3. The van der Waals surface area contributed by atoms with Gasteiger partial charge in [0.25, 0.3) is 0 Å². The fourth-order valence-electron chi connectivity index (χ4n) is 2.81. The molecule has 1 fully saturated rings. The van der Waals surface area contributed by atoms with E-state index in [-0.39, 0.29) is 18.6 Å². The second-order valence-corrected chi connectivity index (χ2v) is 9.20. The summed E-state index contributed by atoms with van der Waals surface area (Å²) < 4.78 is 71.3. The summed E-state index contributed by atoms with van der Waals surface area (Å²) in [6, 6.07) is 4.41. The fraction of sp³-hybridized carbons (Fsp3) is 0.619. The van der Waals surface area contributed by atoms with E-state index in [1.807, 2.05) is 20.8 Å². The molecule has 1 heterocycles. The Kier molecular flexibility index (Phi) is 6.63. The zero-order valence-corrected chi connectivity index (χ0v) is 18.0. The lowest BCUT2D eigenvalue weighted by molar-refractivity contribution is -0.137. The summed E-state index contributed by atoms with van der Waals surface area (Å²) in [5, 5.41) is 0. The van der Waals surface area contributed by atoms with Crippen LogP contribution in [0.1, 0.15) is 66.0 Å². The maximum absolute atomic E-state index is 15.5. The van der Waals surface area contributed by atoms with E-state index in [9.17, 15) is 13.2 Å². The van der Waals surface area contributed by atoms with E-state index in [1.165, 1.54) is 12.1 Å². The Morgan fingerprint density at radius 3 is 1.86 bits per heavy atom. The van der Waals surface area contributed by atoms with Gasteiger partial charge in [-0.2, -0.15) is 13.2 Å². The highest BCUT2D eigenvalue weighted by Gasteiger charge is 2.53. The molecule has 1 saturated heterocycles. The van der Waals surface area contributed by atoms with Crippen molar-refractivity contribution in [3.8, 4) is 0 Å². The molecule has 29 heavy (non-hydrogen) atoms. The van der Waals surface area contributed by atoms with Crippen LogP contribution in [0.25, 0.3) is 5.57 Å². The Morgan fingerprint density at radius 1 is 0.966 bits per heavy atom. The predicted molar refractivity (Wildman–Crippen MR) is 106 cm³/mol. The van der Waals surface area contributed by atoms with Crippen molar-refractivity contribution in [3.63, 3.8) is 0 Å². The maximum atomic E-state index is 15.5. The highest BCUT2D eigenvalue weighted by Crippen LogP contribution is 2.41. The average Bonchev–Trinajstić information content (AvgIpc) is 2.77. The zero-order chi connectivity index (χ0) is 22.3. The number of hydrogen-bond donors (Lipinski definition) is 0. The molecule has 0 spiro atoms. The van der Waals surface area contributed by atoms with Gasteiger partial charge in [0.2, 0.25) is 0 Å². The molecule has 162 valence electrons. The summed E-state index contributed by atoms with van der Waals surface area (Å²) in [6.07, 6.45) is -4.29. The van der Waals surface area contributed by atoms with Crippen molar-refractivity contribution in [2.45, 2.75) is 77.9 Å². The van der Waals surface area contributed by atoms with Crippen molar-refractivity contribution in [3.05, 3.63) is 41.1 Å². The summed E-state index contributed by atoms with van der Waals surface area (Å²) in [5.74, 6) is 0. The molecule has 3 nitrogen and oxygen atoms in total. The van der Waals surface area contributed by atoms with Gasteiger partial charge in [-0.25, -0.2) is 4.39 Å². The number of alkyl halides is 3. The zero-order valence-electron chi connectivity index (χ0n) is 18.0. The highest BCUT2D eigenvalue weighted by molar-refractivity contribution is 6.55. The van der Waals surface area contributed by atoms with E-state index >= 15 is 4.39 Å². The molecule has 8 heteroatoms. The molecule has 1 aromatic carbocycles. The van der Waals surface area contributed by atoms with Crippen molar-refractivity contribution >= 4 is 12.7 Å². The molecule has 1 aliphatic heterocycles. The van der Waals surface area contributed by atoms with Gasteiger partial charge in [0.1, 0.15) is 5.73 Å². The lowest BCUT2D eigenvalue weighted by atomic mass is 9.81. The van der Waals surface area contributed by atoms with Crippen molar-refractivity contribution in [1.82, 2.24) is 0 Å². The summed E-state index contributed by atoms with van der Waals surface area (Å²) >= 11 is 0. The third kappa shape index (κ3) is 5.83. The molecule has 0 N–H and O–H groups in total. The molecule has 0 saturated carbocycles. The first-order valence-electron chi connectivity index (χ1n) is 9.59. The van der Waals surface area contributed by atoms with Crippen molar-refractivity contribution in [2.75, 3.05) is 6.61 Å². The monoisotopic (exact) mass is 416 g/mol. The Balaban J connectivity index is 2.38. The van der Waals surface area contributed by atoms with Gasteiger partial charge in [-0.05, 0) is 78.2 Å². The summed E-state index contributed by atoms with van der Waals surface area (Å²) in [6.45, 7) is 13.0. The summed E-state index contributed by atoms with van der Waals surface area (Å²) in [5.41, 5.74) is -2.79. The number of ether oxygens (including phenoxy) is 1. The molecule has 1 aliphatic rings. The lowest BCUT2D eigenvalue weighted by Crippen LogP contribution is -2.41. The summed E-state index contributed by atoms with van der Waals surface area (Å²) in [4.78, 5) is 0. The normalized spacial score (nSPS) is 20.0. The first-order valence-corrected chi connectivity index (χ1v) is 9.59. The van der Waals surface area contributed by atoms with Gasteiger partial charge in [-0.1, -0.05) is 12.1 Å². The van der Waals surface area contributed by atoms with Crippen LogP contribution in [0, 0.1) is 0 Å². The van der Waals surface area contributed by atoms with Gasteiger partial charge in [-0.15, -0.1) is 0 Å². The highest BCUT2D eigenvalue weighted by atomic mass is 19.4. The van der Waals surface area contributed by atoms with E-state index in [0.29, 0.717) is 5.56 Å². The van der Waals surface area contributed by atoms with E-state index < -0.39 is 41.4 Å². The van der Waals surface area contributed by atoms with Gasteiger partial charge < -0.3 is 14.0 Å². The molecule has 0 atom stereocenters. The Hall–Kier alpha value is -1.38. The third-order valence-corrected chi connectivity index (χ3v) is 5.20. The molecular formula is C21H29BF4O3. The van der Waals surface area contributed by atoms with Crippen molar-refractivity contribution in [2.24, 2.45) is 0 Å². The van der Waals surface area contributed by atoms with Crippen LogP contribution in [-0.2, 0) is 20.2 Å². The van der Waals surface area contributed by atoms with Gasteiger partial charge in [0, 0.05) is 0 Å². The lowest BCUT2D eigenvalue weighted by Gasteiger charge is -2.32. The molecule has 0 aliphatic carbocycles. The maximum Gasteiger partial charge on any atom is 0.525 e. The van der Waals surface area contributed by atoms with Crippen molar-refractivity contribution in [1.29, 1.82) is 0 Å². The molecule has 0 bridgehead atoms. The Labute approximate surface area is 170 Å². The second-order valence-electron chi connectivity index (χ2n) is 9.20. The van der Waals surface area contributed by atoms with Crippen molar-refractivity contribution < 1.29 is 31.6 Å². The minimum Gasteiger partial charge on any atom is -0.398 e. The van der Waals surface area contributed by atoms with Crippen LogP contribution < -0.4 is 0 Å². The van der Waals surface area contributed by atoms with Crippen LogP contribution >= 0.6 is 0 Å². The number of rotatable bonds is 5. The third-order valence-electron chi connectivity index (χ3n) is 5.20. The molecular weight excluding hydrogens is 387 g/mol. The van der Waals surface area contributed by atoms with E-state index in [1.54, 1.807) is 27.7 Å². The molecule has 2 rings (SSSR count). The molecule has 0 unspecified atom stereocenters. The van der Waals surface area contributed by atoms with Crippen LogP contribution in [0.2, 0.25) is 0 Å². The van der Waals surface area contributed by atoms with Gasteiger partial charge in [0.05, 0.1) is 29.0 Å². The average molecular weight is 416 g/mol. The van der Waals surface area contributed by atoms with E-state index in [4.69, 9.17) is 14.0 Å². The second kappa shape index (κ2) is 8.04.